The SMILES string of the molecule is COc1cccc(C2=CCC(C)=N2)c1. The molecule has 0 saturated heterocycles. The lowest BCUT2D eigenvalue weighted by molar-refractivity contribution is 0.414. The van der Waals surface area contributed by atoms with Gasteiger partial charge in [-0.3, -0.25) is 4.99 Å². The van der Waals surface area contributed by atoms with Crippen molar-refractivity contribution in [3.05, 3.63) is 35.9 Å². The molecule has 2 nitrogen and oxygen atoms in total. The summed E-state index contributed by atoms with van der Waals surface area (Å²) in [6, 6.07) is 7.98. The van der Waals surface area contributed by atoms with Crippen LogP contribution in [0.3, 0.4) is 0 Å². The van der Waals surface area contributed by atoms with E-state index in [-0.39, 0.29) is 0 Å². The lowest BCUT2D eigenvalue weighted by Crippen LogP contribution is -1.85. The van der Waals surface area contributed by atoms with E-state index in [9.17, 15) is 0 Å². The molecule has 0 amide bonds. The van der Waals surface area contributed by atoms with Gasteiger partial charge < -0.3 is 4.74 Å². The summed E-state index contributed by atoms with van der Waals surface area (Å²) in [7, 11) is 1.68. The molecule has 1 aromatic rings. The van der Waals surface area contributed by atoms with Crippen LogP contribution < -0.4 is 4.74 Å². The van der Waals surface area contributed by atoms with E-state index in [2.05, 4.69) is 17.1 Å². The Balaban J connectivity index is 2.33. The van der Waals surface area contributed by atoms with E-state index in [0.29, 0.717) is 0 Å². The summed E-state index contributed by atoms with van der Waals surface area (Å²) in [6.07, 6.45) is 3.11. The Labute approximate surface area is 83.9 Å². The minimum Gasteiger partial charge on any atom is -0.497 e. The zero-order chi connectivity index (χ0) is 9.97. The van der Waals surface area contributed by atoms with Crippen molar-refractivity contribution in [3.63, 3.8) is 0 Å². The van der Waals surface area contributed by atoms with Gasteiger partial charge in [-0.15, -0.1) is 0 Å². The molecule has 0 fully saturated rings. The molecule has 0 bridgehead atoms. The Hall–Kier alpha value is -1.57. The molecule has 0 atom stereocenters. The van der Waals surface area contributed by atoms with Crippen LogP contribution in [0.5, 0.6) is 5.75 Å². The van der Waals surface area contributed by atoms with Crippen LogP contribution in [0.25, 0.3) is 5.70 Å². The predicted octanol–water partition coefficient (Wildman–Crippen LogP) is 2.90. The van der Waals surface area contributed by atoms with Gasteiger partial charge in [-0.05, 0) is 19.1 Å². The summed E-state index contributed by atoms with van der Waals surface area (Å²) in [5.41, 5.74) is 3.35. The topological polar surface area (TPSA) is 21.6 Å². The molecule has 2 heteroatoms. The molecule has 0 unspecified atom stereocenters. The Morgan fingerprint density at radius 1 is 1.36 bits per heavy atom. The van der Waals surface area contributed by atoms with Crippen LogP contribution in [0.1, 0.15) is 18.9 Å². The molecule has 14 heavy (non-hydrogen) atoms. The van der Waals surface area contributed by atoms with Crippen LogP contribution in [-0.2, 0) is 0 Å². The lowest BCUT2D eigenvalue weighted by Gasteiger charge is -2.02. The van der Waals surface area contributed by atoms with Crippen LogP contribution in [0, 0.1) is 0 Å². The summed E-state index contributed by atoms with van der Waals surface area (Å²) in [6.45, 7) is 2.05. The zero-order valence-corrected chi connectivity index (χ0v) is 8.45. The summed E-state index contributed by atoms with van der Waals surface area (Å²) >= 11 is 0. The third-order valence-corrected chi connectivity index (χ3v) is 2.27. The van der Waals surface area contributed by atoms with Gasteiger partial charge >= 0.3 is 0 Å². The van der Waals surface area contributed by atoms with E-state index < -0.39 is 0 Å². The Morgan fingerprint density at radius 2 is 2.21 bits per heavy atom. The second kappa shape index (κ2) is 3.66. The van der Waals surface area contributed by atoms with E-state index in [0.717, 1.165) is 23.4 Å². The fourth-order valence-corrected chi connectivity index (χ4v) is 1.51. The molecule has 0 aromatic heterocycles. The van der Waals surface area contributed by atoms with Gasteiger partial charge in [-0.2, -0.15) is 0 Å². The molecule has 0 saturated carbocycles. The minimum atomic E-state index is 0.878. The van der Waals surface area contributed by atoms with Crippen molar-refractivity contribution in [1.29, 1.82) is 0 Å². The minimum absolute atomic E-state index is 0.878. The molecule has 72 valence electrons. The van der Waals surface area contributed by atoms with Crippen LogP contribution in [-0.4, -0.2) is 12.8 Å². The second-order valence-corrected chi connectivity index (χ2v) is 3.37. The smallest absolute Gasteiger partial charge is 0.119 e. The van der Waals surface area contributed by atoms with Crippen LogP contribution >= 0.6 is 0 Å². The maximum absolute atomic E-state index is 5.17. The van der Waals surface area contributed by atoms with Gasteiger partial charge in [0, 0.05) is 17.7 Å². The Bertz CT molecular complexity index is 405. The normalized spacial score (nSPS) is 15.0. The number of allylic oxidation sites excluding steroid dienone is 1. The number of hydrogen-bond acceptors (Lipinski definition) is 2. The average molecular weight is 187 g/mol. The predicted molar refractivity (Wildman–Crippen MR) is 58.7 cm³/mol. The second-order valence-electron chi connectivity index (χ2n) is 3.37. The summed E-state index contributed by atoms with van der Waals surface area (Å²) in [5.74, 6) is 0.878. The first-order valence-corrected chi connectivity index (χ1v) is 4.68. The number of rotatable bonds is 2. The molecule has 0 N–H and O–H groups in total. The number of hydrogen-bond donors (Lipinski definition) is 0. The van der Waals surface area contributed by atoms with Crippen LogP contribution in [0.2, 0.25) is 0 Å². The molecule has 0 aliphatic carbocycles. The Kier molecular flexibility index (Phi) is 2.35. The van der Waals surface area contributed by atoms with Gasteiger partial charge in [0.2, 0.25) is 0 Å². The monoisotopic (exact) mass is 187 g/mol. The molecular weight excluding hydrogens is 174 g/mol. The fraction of sp³-hybridized carbons (Fsp3) is 0.250. The number of ether oxygens (including phenoxy) is 1. The molecule has 1 aromatic carbocycles. The van der Waals surface area contributed by atoms with Gasteiger partial charge in [0.1, 0.15) is 5.75 Å². The highest BCUT2D eigenvalue weighted by molar-refractivity contribution is 5.94. The maximum atomic E-state index is 5.17. The third-order valence-electron chi connectivity index (χ3n) is 2.27. The summed E-state index contributed by atoms with van der Waals surface area (Å²) in [4.78, 5) is 4.46. The quantitative estimate of drug-likeness (QED) is 0.697. The molecule has 0 spiro atoms. The summed E-state index contributed by atoms with van der Waals surface area (Å²) in [5, 5.41) is 0. The van der Waals surface area contributed by atoms with Crippen LogP contribution in [0.4, 0.5) is 0 Å². The highest BCUT2D eigenvalue weighted by Crippen LogP contribution is 2.24. The van der Waals surface area contributed by atoms with Crippen molar-refractivity contribution in [2.24, 2.45) is 4.99 Å². The van der Waals surface area contributed by atoms with Gasteiger partial charge in [-0.25, -0.2) is 0 Å². The van der Waals surface area contributed by atoms with Gasteiger partial charge in [-0.1, -0.05) is 18.2 Å². The van der Waals surface area contributed by atoms with Crippen molar-refractivity contribution in [3.8, 4) is 5.75 Å². The maximum Gasteiger partial charge on any atom is 0.119 e. The van der Waals surface area contributed by atoms with Crippen molar-refractivity contribution < 1.29 is 4.74 Å². The van der Waals surface area contributed by atoms with E-state index in [1.165, 1.54) is 5.71 Å². The van der Waals surface area contributed by atoms with E-state index >= 15 is 0 Å². The molecule has 1 aliphatic heterocycles. The average Bonchev–Trinajstić information content (AvgIpc) is 2.65. The molecule has 1 aliphatic rings. The van der Waals surface area contributed by atoms with Gasteiger partial charge in [0.15, 0.2) is 0 Å². The standard InChI is InChI=1S/C12H13NO/c1-9-6-7-12(13-9)10-4-3-5-11(8-10)14-2/h3-5,7-8H,6H2,1-2H3. The lowest BCUT2D eigenvalue weighted by atomic mass is 10.1. The number of benzene rings is 1. The van der Waals surface area contributed by atoms with Crippen molar-refractivity contribution in [2.75, 3.05) is 7.11 Å². The van der Waals surface area contributed by atoms with Gasteiger partial charge in [0.25, 0.3) is 0 Å². The first-order valence-electron chi connectivity index (χ1n) is 4.68. The molecular formula is C12H13NO. The number of aliphatic imine (C=N–C) groups is 1. The highest BCUT2D eigenvalue weighted by Gasteiger charge is 2.07. The van der Waals surface area contributed by atoms with Gasteiger partial charge in [0.05, 0.1) is 12.8 Å². The molecule has 0 radical (unpaired) electrons. The summed E-state index contributed by atoms with van der Waals surface area (Å²) < 4.78 is 5.17. The third kappa shape index (κ3) is 1.69. The van der Waals surface area contributed by atoms with E-state index in [1.54, 1.807) is 7.11 Å². The Morgan fingerprint density at radius 3 is 2.86 bits per heavy atom. The van der Waals surface area contributed by atoms with E-state index in [4.69, 9.17) is 4.74 Å². The number of nitrogens with zero attached hydrogens (tertiary/aromatic N) is 1. The molecule has 2 rings (SSSR count). The molecule has 1 heterocycles. The largest absolute Gasteiger partial charge is 0.497 e. The van der Waals surface area contributed by atoms with E-state index in [1.807, 2.05) is 25.1 Å². The zero-order valence-electron chi connectivity index (χ0n) is 8.45. The fourth-order valence-electron chi connectivity index (χ4n) is 1.51. The highest BCUT2D eigenvalue weighted by atomic mass is 16.5. The van der Waals surface area contributed by atoms with Crippen molar-refractivity contribution >= 4 is 11.4 Å². The van der Waals surface area contributed by atoms with Crippen LogP contribution in [0.15, 0.2) is 35.3 Å². The van der Waals surface area contributed by atoms with Crippen molar-refractivity contribution in [1.82, 2.24) is 0 Å². The first-order chi connectivity index (χ1) is 6.79. The first kappa shape index (κ1) is 9.00. The number of methoxy groups -OCH3 is 1. The van der Waals surface area contributed by atoms with Crippen molar-refractivity contribution in [2.45, 2.75) is 13.3 Å².